The van der Waals surface area contributed by atoms with Crippen LogP contribution in [0.3, 0.4) is 0 Å². The summed E-state index contributed by atoms with van der Waals surface area (Å²) in [7, 11) is -10.6. The van der Waals surface area contributed by atoms with Crippen LogP contribution in [-0.4, -0.2) is 56.6 Å². The minimum atomic E-state index is -5.97. The fourth-order valence-electron chi connectivity index (χ4n) is 5.19. The van der Waals surface area contributed by atoms with E-state index in [0.717, 1.165) is 0 Å². The first-order chi connectivity index (χ1) is 23.0. The Bertz CT molecular complexity index is 1580. The number of rotatable bonds is 6. The molecule has 2 aliphatic rings. The van der Waals surface area contributed by atoms with Crippen LogP contribution in [0.15, 0.2) is 30.3 Å². The first-order valence-corrected chi connectivity index (χ1v) is 20.4. The summed E-state index contributed by atoms with van der Waals surface area (Å²) < 4.78 is 110. The summed E-state index contributed by atoms with van der Waals surface area (Å²) in [5, 5.41) is -1.81. The van der Waals surface area contributed by atoms with Gasteiger partial charge in [0.15, 0.2) is 9.32 Å². The lowest BCUT2D eigenvalue weighted by atomic mass is 9.49. The summed E-state index contributed by atoms with van der Waals surface area (Å²) in [4.78, 5) is 0. The van der Waals surface area contributed by atoms with Crippen molar-refractivity contribution in [2.24, 2.45) is 0 Å². The lowest BCUT2D eigenvalue weighted by molar-refractivity contribution is -0.595. The van der Waals surface area contributed by atoms with Crippen LogP contribution in [-0.2, 0) is 37.5 Å². The van der Waals surface area contributed by atoms with Crippen molar-refractivity contribution in [3.8, 4) is 5.75 Å². The third-order valence-electron chi connectivity index (χ3n) is 7.92. The molecule has 2 fully saturated rings. The highest BCUT2D eigenvalue weighted by atomic mass is 127. The third-order valence-corrected chi connectivity index (χ3v) is 12.6. The molecule has 20 heteroatoms. The molecule has 0 spiro atoms. The Morgan fingerprint density at radius 3 is 1.31 bits per heavy atom. The zero-order valence-corrected chi connectivity index (χ0v) is 34.9. The quantitative estimate of drug-likeness (QED) is 0.188. The van der Waals surface area contributed by atoms with Gasteiger partial charge in [-0.3, -0.25) is 0 Å². The topological polar surface area (TPSA) is 98.8 Å². The molecule has 0 aromatic heterocycles. The molecule has 51 heavy (non-hydrogen) atoms. The van der Waals surface area contributed by atoms with Gasteiger partial charge in [-0.2, -0.15) is 21.6 Å². The largest absolute Gasteiger partial charge is 0.534 e. The minimum absolute atomic E-state index is 0.333. The molecule has 0 atom stereocenters. The molecule has 0 unspecified atom stereocenters. The van der Waals surface area contributed by atoms with Crippen LogP contribution < -0.4 is 36.3 Å². The van der Waals surface area contributed by atoms with Crippen LogP contribution >= 0.6 is 0 Å². The average Bonchev–Trinajstić information content (AvgIpc) is 2.95. The second-order valence-electron chi connectivity index (χ2n) is 17.5. The molecule has 9 nitrogen and oxygen atoms in total. The first-order valence-electron chi connectivity index (χ1n) is 16.8. The molecular formula is C31H47B6F3IO9S+. The second-order valence-corrected chi connectivity index (χ2v) is 21.7. The van der Waals surface area contributed by atoms with Gasteiger partial charge >= 0.3 is 79.5 Å². The Labute approximate surface area is 314 Å². The van der Waals surface area contributed by atoms with E-state index in [-0.39, 0.29) is 5.75 Å². The molecule has 0 N–H and O–H groups in total. The molecule has 2 saturated heterocycles. The second kappa shape index (κ2) is 14.8. The fraction of sp³-hybridized carbons (Fsp3) is 0.613. The maximum Gasteiger partial charge on any atom is 0.534 e. The molecule has 0 bridgehead atoms. The highest BCUT2D eigenvalue weighted by Crippen LogP contribution is 2.39. The Hall–Kier alpha value is -1.14. The Kier molecular flexibility index (Phi) is 12.4. The van der Waals surface area contributed by atoms with E-state index in [2.05, 4.69) is 0 Å². The number of halogens is 4. The smallest absolute Gasteiger partial charge is 0.452 e. The van der Waals surface area contributed by atoms with Gasteiger partial charge in [0.25, 0.3) is 0 Å². The summed E-state index contributed by atoms with van der Waals surface area (Å²) in [5.41, 5.74) is -3.33. The Morgan fingerprint density at radius 2 is 0.980 bits per heavy atom. The molecule has 2 heterocycles. The molecule has 0 saturated carbocycles. The van der Waals surface area contributed by atoms with Crippen LogP contribution in [0.4, 0.5) is 13.2 Å². The zero-order valence-electron chi connectivity index (χ0n) is 31.9. The molecule has 0 amide bonds. The third kappa shape index (κ3) is 10.1. The SMILES string of the molecule is Cc1cc(C)c([I+]c2c(B3OB(C(C)(C)C)OB(C(C)(C)C)O3)cccc2B2OB(C(C)(C)C)OB(C(C)(C)C)O2)c(OS(=O)(=O)C(F)(F)F)c1. The van der Waals surface area contributed by atoms with Crippen molar-refractivity contribution in [2.45, 2.75) is 124 Å². The van der Waals surface area contributed by atoms with E-state index in [4.69, 9.17) is 31.6 Å². The molecule has 0 aliphatic carbocycles. The molecule has 276 valence electrons. The van der Waals surface area contributed by atoms with Crippen molar-refractivity contribution < 1.29 is 74.4 Å². The van der Waals surface area contributed by atoms with Crippen LogP contribution in [0.25, 0.3) is 0 Å². The van der Waals surface area contributed by atoms with Crippen LogP contribution in [0.5, 0.6) is 5.75 Å². The van der Waals surface area contributed by atoms with E-state index in [9.17, 15) is 21.6 Å². The van der Waals surface area contributed by atoms with Crippen molar-refractivity contribution >= 4 is 63.8 Å². The van der Waals surface area contributed by atoms with E-state index in [1.54, 1.807) is 19.9 Å². The predicted octanol–water partition coefficient (Wildman–Crippen LogP) is 3.33. The number of hydrogen-bond donors (Lipinski definition) is 0. The normalized spacial score (nSPS) is 17.4. The molecule has 2 aromatic carbocycles. The van der Waals surface area contributed by atoms with Crippen molar-refractivity contribution in [3.05, 3.63) is 48.6 Å². The van der Waals surface area contributed by atoms with Gasteiger partial charge < -0.3 is 31.6 Å². The number of alkyl halides is 3. The van der Waals surface area contributed by atoms with Gasteiger partial charge in [0, 0.05) is 16.5 Å². The van der Waals surface area contributed by atoms with Gasteiger partial charge in [-0.25, -0.2) is 0 Å². The maximum atomic E-state index is 13.6. The molecule has 2 aromatic rings. The van der Waals surface area contributed by atoms with Crippen molar-refractivity contribution in [2.75, 3.05) is 0 Å². The number of aryl methyl sites for hydroxylation is 2. The standard InChI is InChI=1S/C31H47B6F3IO9S/c1-20-18-21(2)25(24(19-20)44-51(42,43)31(38,39)40)41-26-22(32-45-34(27(3,4)5)49-35(46-32)28(6,7)8)16-15-17-23(26)33-47-36(29(9,10)11)50-37(48-33)30(12,13)14/h15-19H,1-14H3/q+1. The maximum absolute atomic E-state index is 13.6. The van der Waals surface area contributed by atoms with Gasteiger partial charge in [-0.1, -0.05) is 107 Å². The Balaban J connectivity index is 1.97. The van der Waals surface area contributed by atoms with Gasteiger partial charge in [-0.05, 0) is 46.7 Å². The molecule has 0 radical (unpaired) electrons. The van der Waals surface area contributed by atoms with Crippen molar-refractivity contribution in [1.82, 2.24) is 0 Å². The Morgan fingerprint density at radius 1 is 0.608 bits per heavy atom. The van der Waals surface area contributed by atoms with E-state index in [1.165, 1.54) is 6.07 Å². The molecular weight excluding hydrogens is 797 g/mol. The summed E-state index contributed by atoms with van der Waals surface area (Å²) in [6.07, 6.45) is 0. The van der Waals surface area contributed by atoms with E-state index >= 15 is 0 Å². The van der Waals surface area contributed by atoms with E-state index < -0.39 is 101 Å². The lowest BCUT2D eigenvalue weighted by Crippen LogP contribution is -3.63. The first kappa shape index (κ1) is 42.6. The van der Waals surface area contributed by atoms with Gasteiger partial charge in [0.2, 0.25) is 3.57 Å². The molecule has 2 aliphatic heterocycles. The van der Waals surface area contributed by atoms with E-state index in [1.807, 2.05) is 101 Å². The van der Waals surface area contributed by atoms with Crippen LogP contribution in [0.2, 0.25) is 21.3 Å². The summed E-state index contributed by atoms with van der Waals surface area (Å²) >= 11 is -1.55. The average molecular weight is 845 g/mol. The summed E-state index contributed by atoms with van der Waals surface area (Å²) in [5.74, 6) is -0.388. The fourth-order valence-corrected chi connectivity index (χ4v) is 8.94. The zero-order chi connectivity index (χ0) is 38.7. The minimum Gasteiger partial charge on any atom is -0.452 e. The van der Waals surface area contributed by atoms with Crippen molar-refractivity contribution in [3.63, 3.8) is 0 Å². The summed E-state index contributed by atoms with van der Waals surface area (Å²) in [6, 6.07) is 8.60. The lowest BCUT2D eigenvalue weighted by Gasteiger charge is -2.41. The predicted molar refractivity (Wildman–Crippen MR) is 195 cm³/mol. The van der Waals surface area contributed by atoms with Gasteiger partial charge in [0.1, 0.15) is 0 Å². The van der Waals surface area contributed by atoms with Crippen LogP contribution in [0, 0.1) is 21.0 Å². The van der Waals surface area contributed by atoms with Crippen LogP contribution in [0.1, 0.15) is 94.2 Å². The number of hydrogen-bond acceptors (Lipinski definition) is 9. The highest BCUT2D eigenvalue weighted by Gasteiger charge is 2.56. The van der Waals surface area contributed by atoms with Gasteiger partial charge in [-0.15, -0.1) is 0 Å². The summed E-state index contributed by atoms with van der Waals surface area (Å²) in [6.45, 7) is 27.3. The number of benzene rings is 2. The van der Waals surface area contributed by atoms with E-state index in [0.29, 0.717) is 29.2 Å². The van der Waals surface area contributed by atoms with Gasteiger partial charge in [0.05, 0.1) is 0 Å². The molecule has 4 rings (SSSR count). The highest BCUT2D eigenvalue weighted by molar-refractivity contribution is 7.88. The monoisotopic (exact) mass is 845 g/mol. The van der Waals surface area contributed by atoms with Crippen molar-refractivity contribution in [1.29, 1.82) is 0 Å².